The van der Waals surface area contributed by atoms with Crippen LogP contribution in [0.2, 0.25) is 0 Å². The van der Waals surface area contributed by atoms with Crippen molar-refractivity contribution in [3.63, 3.8) is 0 Å². The standard InChI is InChI=1S/C12H15BrN2O4S/c13-10-1-3-11(4-2-10)14-20(18,19)15-7-5-9(6-8-15)12(16)17/h1-4,9,14H,5-8H2,(H,16,17). The highest BCUT2D eigenvalue weighted by molar-refractivity contribution is 9.10. The smallest absolute Gasteiger partial charge is 0.306 e. The Morgan fingerprint density at radius 1 is 1.25 bits per heavy atom. The molecule has 0 atom stereocenters. The van der Waals surface area contributed by atoms with E-state index in [1.165, 1.54) is 4.31 Å². The summed E-state index contributed by atoms with van der Waals surface area (Å²) in [6, 6.07) is 6.81. The van der Waals surface area contributed by atoms with Crippen molar-refractivity contribution >= 4 is 37.8 Å². The van der Waals surface area contributed by atoms with Gasteiger partial charge in [0.1, 0.15) is 0 Å². The van der Waals surface area contributed by atoms with Crippen LogP contribution in [0, 0.1) is 5.92 Å². The summed E-state index contributed by atoms with van der Waals surface area (Å²) in [6.45, 7) is 0.450. The lowest BCUT2D eigenvalue weighted by atomic mass is 9.99. The van der Waals surface area contributed by atoms with Gasteiger partial charge >= 0.3 is 16.2 Å². The lowest BCUT2D eigenvalue weighted by Gasteiger charge is -2.29. The van der Waals surface area contributed by atoms with Crippen LogP contribution in [0.1, 0.15) is 12.8 Å². The highest BCUT2D eigenvalue weighted by Gasteiger charge is 2.30. The number of nitrogens with zero attached hydrogens (tertiary/aromatic N) is 1. The van der Waals surface area contributed by atoms with Gasteiger partial charge in [0.25, 0.3) is 0 Å². The number of nitrogens with one attached hydrogen (secondary N) is 1. The van der Waals surface area contributed by atoms with Gasteiger partial charge in [-0.05, 0) is 37.1 Å². The number of carboxylic acids is 1. The average molecular weight is 363 g/mol. The van der Waals surface area contributed by atoms with Gasteiger partial charge in [-0.2, -0.15) is 12.7 Å². The van der Waals surface area contributed by atoms with Crippen LogP contribution in [0.5, 0.6) is 0 Å². The number of hydrogen-bond acceptors (Lipinski definition) is 3. The molecular weight excluding hydrogens is 348 g/mol. The monoisotopic (exact) mass is 362 g/mol. The van der Waals surface area contributed by atoms with Crippen molar-refractivity contribution in [3.05, 3.63) is 28.7 Å². The number of halogens is 1. The van der Waals surface area contributed by atoms with Crippen LogP contribution in [0.4, 0.5) is 5.69 Å². The maximum absolute atomic E-state index is 12.2. The predicted octanol–water partition coefficient (Wildman–Crippen LogP) is 1.90. The first-order valence-electron chi connectivity index (χ1n) is 6.15. The number of anilines is 1. The number of carboxylic acid groups (broad SMARTS) is 1. The number of benzene rings is 1. The van der Waals surface area contributed by atoms with Crippen molar-refractivity contribution < 1.29 is 18.3 Å². The molecule has 0 unspecified atom stereocenters. The first-order valence-corrected chi connectivity index (χ1v) is 8.38. The van der Waals surface area contributed by atoms with E-state index in [-0.39, 0.29) is 13.1 Å². The number of piperidine rings is 1. The van der Waals surface area contributed by atoms with E-state index in [4.69, 9.17) is 5.11 Å². The van der Waals surface area contributed by atoms with Crippen LogP contribution in [0.3, 0.4) is 0 Å². The Labute approximate surface area is 126 Å². The Morgan fingerprint density at radius 3 is 2.30 bits per heavy atom. The van der Waals surface area contributed by atoms with Crippen molar-refractivity contribution in [2.45, 2.75) is 12.8 Å². The van der Waals surface area contributed by atoms with Crippen molar-refractivity contribution in [2.24, 2.45) is 5.92 Å². The molecule has 8 heteroatoms. The van der Waals surface area contributed by atoms with E-state index in [1.807, 2.05) is 0 Å². The zero-order chi connectivity index (χ0) is 14.8. The Morgan fingerprint density at radius 2 is 1.80 bits per heavy atom. The van der Waals surface area contributed by atoms with Crippen molar-refractivity contribution in [1.29, 1.82) is 0 Å². The second-order valence-electron chi connectivity index (χ2n) is 4.63. The fraction of sp³-hybridized carbons (Fsp3) is 0.417. The molecule has 0 spiro atoms. The molecule has 0 aliphatic carbocycles. The minimum atomic E-state index is -3.62. The van der Waals surface area contributed by atoms with E-state index in [0.29, 0.717) is 18.5 Å². The molecular formula is C12H15BrN2O4S. The largest absolute Gasteiger partial charge is 0.481 e. The van der Waals surface area contributed by atoms with E-state index < -0.39 is 22.1 Å². The van der Waals surface area contributed by atoms with Gasteiger partial charge in [-0.3, -0.25) is 9.52 Å². The number of rotatable bonds is 4. The Balaban J connectivity index is 2.01. The normalized spacial score (nSPS) is 17.9. The summed E-state index contributed by atoms with van der Waals surface area (Å²) in [5, 5.41) is 8.90. The zero-order valence-electron chi connectivity index (χ0n) is 10.6. The molecule has 0 amide bonds. The molecule has 1 aromatic carbocycles. The molecule has 1 fully saturated rings. The predicted molar refractivity (Wildman–Crippen MR) is 78.6 cm³/mol. The van der Waals surface area contributed by atoms with Gasteiger partial charge in [-0.15, -0.1) is 0 Å². The molecule has 2 rings (SSSR count). The molecule has 20 heavy (non-hydrogen) atoms. The van der Waals surface area contributed by atoms with Crippen molar-refractivity contribution in [3.8, 4) is 0 Å². The lowest BCUT2D eigenvalue weighted by Crippen LogP contribution is -2.42. The second kappa shape index (κ2) is 6.11. The SMILES string of the molecule is O=C(O)C1CCN(S(=O)(=O)Nc2ccc(Br)cc2)CC1. The fourth-order valence-corrected chi connectivity index (χ4v) is 3.59. The third kappa shape index (κ3) is 3.71. The van der Waals surface area contributed by atoms with Crippen LogP contribution in [0.25, 0.3) is 0 Å². The summed E-state index contributed by atoms with van der Waals surface area (Å²) in [4.78, 5) is 10.8. The highest BCUT2D eigenvalue weighted by Crippen LogP contribution is 2.22. The fourth-order valence-electron chi connectivity index (χ4n) is 2.07. The average Bonchev–Trinajstić information content (AvgIpc) is 2.41. The van der Waals surface area contributed by atoms with Crippen LogP contribution >= 0.6 is 15.9 Å². The van der Waals surface area contributed by atoms with Crippen molar-refractivity contribution in [1.82, 2.24) is 4.31 Å². The van der Waals surface area contributed by atoms with E-state index in [1.54, 1.807) is 24.3 Å². The molecule has 1 saturated heterocycles. The first-order chi connectivity index (χ1) is 9.38. The van der Waals surface area contributed by atoms with Gasteiger partial charge in [-0.1, -0.05) is 15.9 Å². The van der Waals surface area contributed by atoms with E-state index in [0.717, 1.165) is 4.47 Å². The van der Waals surface area contributed by atoms with Gasteiger partial charge in [0, 0.05) is 23.2 Å². The quantitative estimate of drug-likeness (QED) is 0.856. The Bertz CT molecular complexity index is 580. The summed E-state index contributed by atoms with van der Waals surface area (Å²) >= 11 is 3.28. The number of hydrogen-bond donors (Lipinski definition) is 2. The van der Waals surface area contributed by atoms with Gasteiger partial charge in [0.15, 0.2) is 0 Å². The van der Waals surface area contributed by atoms with Gasteiger partial charge < -0.3 is 5.11 Å². The maximum atomic E-state index is 12.2. The summed E-state index contributed by atoms with van der Waals surface area (Å²) in [7, 11) is -3.62. The third-order valence-corrected chi connectivity index (χ3v) is 5.30. The molecule has 1 heterocycles. The Kier molecular flexibility index (Phi) is 4.66. The molecule has 1 aliphatic rings. The molecule has 0 radical (unpaired) electrons. The third-order valence-electron chi connectivity index (χ3n) is 3.23. The van der Waals surface area contributed by atoms with Crippen LogP contribution in [0.15, 0.2) is 28.7 Å². The van der Waals surface area contributed by atoms with Crippen LogP contribution in [-0.2, 0) is 15.0 Å². The van der Waals surface area contributed by atoms with Crippen molar-refractivity contribution in [2.75, 3.05) is 17.8 Å². The zero-order valence-corrected chi connectivity index (χ0v) is 13.0. The number of aliphatic carboxylic acids is 1. The minimum absolute atomic E-state index is 0.225. The summed E-state index contributed by atoms with van der Waals surface area (Å²) in [6.07, 6.45) is 0.688. The Hall–Kier alpha value is -1.12. The molecule has 0 saturated carbocycles. The molecule has 110 valence electrons. The molecule has 2 N–H and O–H groups in total. The summed E-state index contributed by atoms with van der Waals surface area (Å²) in [5.74, 6) is -1.31. The highest BCUT2D eigenvalue weighted by atomic mass is 79.9. The summed E-state index contributed by atoms with van der Waals surface area (Å²) < 4.78 is 29.0. The second-order valence-corrected chi connectivity index (χ2v) is 7.21. The molecule has 1 aromatic rings. The van der Waals surface area contributed by atoms with E-state index in [2.05, 4.69) is 20.7 Å². The molecule has 1 aliphatic heterocycles. The first kappa shape index (κ1) is 15.3. The molecule has 0 aromatic heterocycles. The van der Waals surface area contributed by atoms with Gasteiger partial charge in [0.05, 0.1) is 5.92 Å². The van der Waals surface area contributed by atoms with Crippen LogP contribution < -0.4 is 4.72 Å². The van der Waals surface area contributed by atoms with Gasteiger partial charge in [0.2, 0.25) is 0 Å². The molecule has 0 bridgehead atoms. The molecule has 6 nitrogen and oxygen atoms in total. The maximum Gasteiger partial charge on any atom is 0.306 e. The van der Waals surface area contributed by atoms with Gasteiger partial charge in [-0.25, -0.2) is 0 Å². The van der Waals surface area contributed by atoms with E-state index in [9.17, 15) is 13.2 Å². The number of carbonyl (C=O) groups is 1. The van der Waals surface area contributed by atoms with Crippen LogP contribution in [-0.4, -0.2) is 36.9 Å². The minimum Gasteiger partial charge on any atom is -0.481 e. The summed E-state index contributed by atoms with van der Waals surface area (Å²) in [5.41, 5.74) is 0.480. The van der Waals surface area contributed by atoms with E-state index >= 15 is 0 Å². The topological polar surface area (TPSA) is 86.7 Å². The lowest BCUT2D eigenvalue weighted by molar-refractivity contribution is -0.142.